The number of anilines is 1. The van der Waals surface area contributed by atoms with E-state index in [-0.39, 0.29) is 16.5 Å². The number of likely N-dealkylation sites (tertiary alicyclic amines) is 1. The highest BCUT2D eigenvalue weighted by Gasteiger charge is 2.33. The molecule has 0 radical (unpaired) electrons. The third-order valence-electron chi connectivity index (χ3n) is 8.18. The van der Waals surface area contributed by atoms with Crippen LogP contribution >= 0.6 is 0 Å². The summed E-state index contributed by atoms with van der Waals surface area (Å²) in [6.07, 6.45) is 10.5. The standard InChI is InChI=1S/C30H40N2O5/c1-22-5-7-25(8-6-22)31-26-9-15-32(16-10-26)17-13-30(11-3-2-4-12-30)14-18-37-27-20-23(28(33)34)19-24(21-27)29(35)36/h5-8,19-21,26,31H,2-4,9-18H2,1H3,(H,33,34)(H,35,36). The fourth-order valence-corrected chi connectivity index (χ4v) is 5.82. The number of piperidine rings is 1. The predicted octanol–water partition coefficient (Wildman–Crippen LogP) is 6.08. The van der Waals surface area contributed by atoms with E-state index in [4.69, 9.17) is 4.74 Å². The van der Waals surface area contributed by atoms with Crippen molar-refractivity contribution in [3.63, 3.8) is 0 Å². The molecule has 2 aromatic rings. The lowest BCUT2D eigenvalue weighted by molar-refractivity contribution is 0.0695. The van der Waals surface area contributed by atoms with Crippen LogP contribution in [0, 0.1) is 12.3 Å². The van der Waals surface area contributed by atoms with Crippen molar-refractivity contribution in [1.29, 1.82) is 0 Å². The zero-order valence-electron chi connectivity index (χ0n) is 21.9. The van der Waals surface area contributed by atoms with E-state index < -0.39 is 11.9 Å². The number of nitrogens with zero attached hydrogens (tertiary/aromatic N) is 1. The topological polar surface area (TPSA) is 99.1 Å². The molecule has 2 fully saturated rings. The number of carboxylic acids is 2. The van der Waals surface area contributed by atoms with Gasteiger partial charge in [0.25, 0.3) is 0 Å². The molecule has 37 heavy (non-hydrogen) atoms. The molecule has 4 rings (SSSR count). The molecule has 200 valence electrons. The Hall–Kier alpha value is -3.06. The summed E-state index contributed by atoms with van der Waals surface area (Å²) < 4.78 is 5.94. The van der Waals surface area contributed by atoms with Crippen LogP contribution < -0.4 is 10.1 Å². The van der Waals surface area contributed by atoms with Gasteiger partial charge in [0.2, 0.25) is 0 Å². The maximum absolute atomic E-state index is 11.4. The number of carbonyl (C=O) groups is 2. The minimum Gasteiger partial charge on any atom is -0.494 e. The first-order valence-electron chi connectivity index (χ1n) is 13.6. The van der Waals surface area contributed by atoms with Crippen molar-refractivity contribution in [3.05, 3.63) is 59.2 Å². The largest absolute Gasteiger partial charge is 0.494 e. The molecule has 0 bridgehead atoms. The summed E-state index contributed by atoms with van der Waals surface area (Å²) >= 11 is 0. The van der Waals surface area contributed by atoms with Crippen molar-refractivity contribution in [2.45, 2.75) is 70.8 Å². The summed E-state index contributed by atoms with van der Waals surface area (Å²) in [5.41, 5.74) is 2.58. The van der Waals surface area contributed by atoms with Gasteiger partial charge in [0.05, 0.1) is 17.7 Å². The van der Waals surface area contributed by atoms with Gasteiger partial charge in [0.15, 0.2) is 0 Å². The van der Waals surface area contributed by atoms with Crippen LogP contribution in [0.2, 0.25) is 0 Å². The molecule has 2 aromatic carbocycles. The average Bonchev–Trinajstić information content (AvgIpc) is 2.90. The van der Waals surface area contributed by atoms with Gasteiger partial charge in [-0.05, 0) is 87.7 Å². The number of rotatable bonds is 11. The molecule has 1 aliphatic carbocycles. The van der Waals surface area contributed by atoms with Crippen molar-refractivity contribution in [2.75, 3.05) is 31.6 Å². The second kappa shape index (κ2) is 12.5. The summed E-state index contributed by atoms with van der Waals surface area (Å²) in [4.78, 5) is 25.4. The van der Waals surface area contributed by atoms with Crippen LogP contribution in [0.25, 0.3) is 0 Å². The normalized spacial score (nSPS) is 18.3. The van der Waals surface area contributed by atoms with Crippen LogP contribution in [0.1, 0.15) is 84.1 Å². The van der Waals surface area contributed by atoms with Crippen LogP contribution in [-0.4, -0.2) is 59.3 Å². The Bertz CT molecular complexity index is 1020. The summed E-state index contributed by atoms with van der Waals surface area (Å²) in [6.45, 7) is 5.88. The van der Waals surface area contributed by atoms with Crippen molar-refractivity contribution in [2.24, 2.45) is 5.41 Å². The zero-order chi connectivity index (χ0) is 26.3. The average molecular weight is 509 g/mol. The lowest BCUT2D eigenvalue weighted by Crippen LogP contribution is -2.41. The first kappa shape index (κ1) is 27.0. The second-order valence-electron chi connectivity index (χ2n) is 10.9. The fourth-order valence-electron chi connectivity index (χ4n) is 5.82. The van der Waals surface area contributed by atoms with Gasteiger partial charge in [0, 0.05) is 24.8 Å². The van der Waals surface area contributed by atoms with Gasteiger partial charge in [-0.3, -0.25) is 0 Å². The van der Waals surface area contributed by atoms with E-state index >= 15 is 0 Å². The molecule has 2 aliphatic rings. The van der Waals surface area contributed by atoms with Crippen molar-refractivity contribution >= 4 is 17.6 Å². The Morgan fingerprint density at radius 3 is 2.16 bits per heavy atom. The highest BCUT2D eigenvalue weighted by molar-refractivity contribution is 5.94. The zero-order valence-corrected chi connectivity index (χ0v) is 21.9. The maximum atomic E-state index is 11.4. The highest BCUT2D eigenvalue weighted by atomic mass is 16.5. The second-order valence-corrected chi connectivity index (χ2v) is 10.9. The van der Waals surface area contributed by atoms with Gasteiger partial charge in [-0.15, -0.1) is 0 Å². The lowest BCUT2D eigenvalue weighted by atomic mass is 9.69. The summed E-state index contributed by atoms with van der Waals surface area (Å²) in [6, 6.07) is 13.1. The molecule has 7 nitrogen and oxygen atoms in total. The number of nitrogens with one attached hydrogen (secondary N) is 1. The highest BCUT2D eigenvalue weighted by Crippen LogP contribution is 2.42. The minimum atomic E-state index is -1.16. The molecular weight excluding hydrogens is 468 g/mol. The fraction of sp³-hybridized carbons (Fsp3) is 0.533. The van der Waals surface area contributed by atoms with E-state index in [0.717, 1.165) is 45.3 Å². The van der Waals surface area contributed by atoms with Crippen LogP contribution in [-0.2, 0) is 0 Å². The van der Waals surface area contributed by atoms with E-state index in [0.29, 0.717) is 18.4 Å². The van der Waals surface area contributed by atoms with Gasteiger partial charge >= 0.3 is 11.9 Å². The quantitative estimate of drug-likeness (QED) is 0.338. The predicted molar refractivity (Wildman–Crippen MR) is 145 cm³/mol. The van der Waals surface area contributed by atoms with Gasteiger partial charge in [-0.1, -0.05) is 37.0 Å². The van der Waals surface area contributed by atoms with E-state index in [2.05, 4.69) is 41.4 Å². The molecule has 1 saturated heterocycles. The number of carboxylic acid groups (broad SMARTS) is 2. The Morgan fingerprint density at radius 2 is 1.57 bits per heavy atom. The monoisotopic (exact) mass is 508 g/mol. The molecular formula is C30H40N2O5. The number of hydrogen-bond donors (Lipinski definition) is 3. The maximum Gasteiger partial charge on any atom is 0.335 e. The molecule has 0 spiro atoms. The third kappa shape index (κ3) is 7.71. The van der Waals surface area contributed by atoms with Gasteiger partial charge in [0.1, 0.15) is 5.75 Å². The lowest BCUT2D eigenvalue weighted by Gasteiger charge is -2.40. The molecule has 1 saturated carbocycles. The number of ether oxygens (including phenoxy) is 1. The SMILES string of the molecule is Cc1ccc(NC2CCN(CCC3(CCOc4cc(C(=O)O)cc(C(=O)O)c4)CCCCC3)CC2)cc1. The van der Waals surface area contributed by atoms with Gasteiger partial charge in [-0.25, -0.2) is 9.59 Å². The molecule has 7 heteroatoms. The van der Waals surface area contributed by atoms with Crippen LogP contribution in [0.5, 0.6) is 5.75 Å². The van der Waals surface area contributed by atoms with Crippen LogP contribution in [0.4, 0.5) is 5.69 Å². The van der Waals surface area contributed by atoms with Gasteiger partial charge in [-0.2, -0.15) is 0 Å². The molecule has 0 unspecified atom stereocenters. The van der Waals surface area contributed by atoms with E-state index in [1.807, 2.05) is 0 Å². The number of aromatic carboxylic acids is 2. The minimum absolute atomic E-state index is 0.0671. The summed E-state index contributed by atoms with van der Waals surface area (Å²) in [5, 5.41) is 22.3. The van der Waals surface area contributed by atoms with Crippen LogP contribution in [0.3, 0.4) is 0 Å². The number of aryl methyl sites for hydroxylation is 1. The van der Waals surface area contributed by atoms with Crippen molar-refractivity contribution in [1.82, 2.24) is 4.90 Å². The van der Waals surface area contributed by atoms with Crippen molar-refractivity contribution in [3.8, 4) is 5.75 Å². The molecule has 3 N–H and O–H groups in total. The van der Waals surface area contributed by atoms with E-state index in [1.54, 1.807) is 0 Å². The summed E-state index contributed by atoms with van der Waals surface area (Å²) in [5.74, 6) is -2.00. The van der Waals surface area contributed by atoms with Crippen LogP contribution in [0.15, 0.2) is 42.5 Å². The molecule has 1 aliphatic heterocycles. The van der Waals surface area contributed by atoms with E-state index in [9.17, 15) is 19.8 Å². The van der Waals surface area contributed by atoms with Gasteiger partial charge < -0.3 is 25.2 Å². The molecule has 0 atom stereocenters. The molecule has 0 amide bonds. The first-order valence-corrected chi connectivity index (χ1v) is 13.6. The Labute approximate surface area is 219 Å². The summed E-state index contributed by atoms with van der Waals surface area (Å²) in [7, 11) is 0. The molecule has 1 heterocycles. The Morgan fingerprint density at radius 1 is 0.946 bits per heavy atom. The smallest absolute Gasteiger partial charge is 0.335 e. The van der Waals surface area contributed by atoms with Crippen molar-refractivity contribution < 1.29 is 24.5 Å². The Balaban J connectivity index is 1.28. The molecule has 0 aromatic heterocycles. The Kier molecular flexibility index (Phi) is 9.09. The first-order chi connectivity index (χ1) is 17.8. The number of hydrogen-bond acceptors (Lipinski definition) is 5. The van der Waals surface area contributed by atoms with E-state index in [1.165, 1.54) is 61.6 Å². The third-order valence-corrected chi connectivity index (χ3v) is 8.18. The number of benzene rings is 2.